The number of nitro groups is 1. The van der Waals surface area contributed by atoms with Gasteiger partial charge in [-0.25, -0.2) is 4.79 Å². The van der Waals surface area contributed by atoms with Gasteiger partial charge in [-0.3, -0.25) is 15.0 Å². The largest absolute Gasteiger partial charge is 0.444 e. The first-order valence-electron chi connectivity index (χ1n) is 10.1. The number of nitrogens with zero attached hydrogens (tertiary/aromatic N) is 3. The molecular formula is C19H37N3O4. The summed E-state index contributed by atoms with van der Waals surface area (Å²) in [5.74, 6) is 0.414. The molecule has 152 valence electrons. The van der Waals surface area contributed by atoms with E-state index in [4.69, 9.17) is 4.74 Å². The zero-order chi connectivity index (χ0) is 19.7. The van der Waals surface area contributed by atoms with Gasteiger partial charge in [0.05, 0.1) is 6.04 Å². The predicted molar refractivity (Wildman–Crippen MR) is 103 cm³/mol. The van der Waals surface area contributed by atoms with E-state index in [-0.39, 0.29) is 23.6 Å². The van der Waals surface area contributed by atoms with Gasteiger partial charge < -0.3 is 9.64 Å². The van der Waals surface area contributed by atoms with Crippen LogP contribution < -0.4 is 0 Å². The maximum Gasteiger partial charge on any atom is 0.410 e. The maximum absolute atomic E-state index is 12.1. The summed E-state index contributed by atoms with van der Waals surface area (Å²) >= 11 is 0. The molecule has 1 aliphatic carbocycles. The lowest BCUT2D eigenvalue weighted by Crippen LogP contribution is -2.56. The zero-order valence-electron chi connectivity index (χ0n) is 17.2. The van der Waals surface area contributed by atoms with E-state index in [2.05, 4.69) is 4.90 Å². The first-order chi connectivity index (χ1) is 12.3. The molecule has 1 saturated heterocycles. The van der Waals surface area contributed by atoms with Crippen molar-refractivity contribution in [3.05, 3.63) is 10.1 Å². The van der Waals surface area contributed by atoms with E-state index in [1.807, 2.05) is 34.6 Å². The van der Waals surface area contributed by atoms with E-state index in [9.17, 15) is 14.9 Å². The number of rotatable bonds is 4. The van der Waals surface area contributed by atoms with E-state index in [0.29, 0.717) is 32.1 Å². The molecule has 0 aromatic carbocycles. The minimum atomic E-state index is -0.496. The highest BCUT2D eigenvalue weighted by Gasteiger charge is 2.35. The Balaban J connectivity index is 0.00000163. The van der Waals surface area contributed by atoms with E-state index < -0.39 is 5.60 Å². The van der Waals surface area contributed by atoms with Gasteiger partial charge in [0.25, 0.3) is 0 Å². The van der Waals surface area contributed by atoms with Gasteiger partial charge in [0, 0.05) is 31.1 Å². The summed E-state index contributed by atoms with van der Waals surface area (Å²) in [6.45, 7) is 12.1. The Morgan fingerprint density at radius 3 is 2.12 bits per heavy atom. The normalized spacial score (nSPS) is 20.7. The lowest BCUT2D eigenvalue weighted by molar-refractivity contribution is -0.489. The van der Waals surface area contributed by atoms with Gasteiger partial charge in [0.15, 0.2) is 0 Å². The van der Waals surface area contributed by atoms with Gasteiger partial charge in [-0.1, -0.05) is 33.1 Å². The minimum absolute atomic E-state index is 0.00101. The van der Waals surface area contributed by atoms with Crippen LogP contribution in [0.5, 0.6) is 0 Å². The van der Waals surface area contributed by atoms with Crippen molar-refractivity contribution in [2.45, 2.75) is 78.4 Å². The third-order valence-electron chi connectivity index (χ3n) is 4.97. The first kappa shape index (κ1) is 22.7. The van der Waals surface area contributed by atoms with Gasteiger partial charge in [-0.15, -0.1) is 0 Å². The summed E-state index contributed by atoms with van der Waals surface area (Å²) < 4.78 is 5.41. The second-order valence-electron chi connectivity index (χ2n) is 7.98. The summed E-state index contributed by atoms with van der Waals surface area (Å²) in [5.41, 5.74) is -0.496. The average molecular weight is 372 g/mol. The standard InChI is InChI=1S/C17H31N3O4.C2H6/c1-17(2,3)24-16(21)19-11-9-18(10-12-19)15(13-20(22)23)14-7-5-4-6-8-14;1-2/h14-15H,4-13H2,1-3H3;1-2H3. The van der Waals surface area contributed by atoms with Gasteiger partial charge in [0.2, 0.25) is 6.54 Å². The highest BCUT2D eigenvalue weighted by Crippen LogP contribution is 2.30. The van der Waals surface area contributed by atoms with Crippen molar-refractivity contribution in [1.82, 2.24) is 9.80 Å². The molecule has 0 aromatic rings. The Morgan fingerprint density at radius 1 is 1.12 bits per heavy atom. The predicted octanol–water partition coefficient (Wildman–Crippen LogP) is 3.79. The third kappa shape index (κ3) is 7.48. The van der Waals surface area contributed by atoms with Crippen LogP contribution in [0.3, 0.4) is 0 Å². The van der Waals surface area contributed by atoms with Crippen molar-refractivity contribution in [3.63, 3.8) is 0 Å². The van der Waals surface area contributed by atoms with E-state index >= 15 is 0 Å². The Labute approximate surface area is 158 Å². The van der Waals surface area contributed by atoms with Crippen LogP contribution in [0, 0.1) is 16.0 Å². The quantitative estimate of drug-likeness (QED) is 0.555. The molecule has 1 atom stereocenters. The highest BCUT2D eigenvalue weighted by molar-refractivity contribution is 5.68. The first-order valence-corrected chi connectivity index (χ1v) is 10.1. The number of piperazine rings is 1. The van der Waals surface area contributed by atoms with Crippen molar-refractivity contribution in [2.75, 3.05) is 32.7 Å². The summed E-state index contributed by atoms with van der Waals surface area (Å²) in [7, 11) is 0. The lowest BCUT2D eigenvalue weighted by Gasteiger charge is -2.41. The Hall–Kier alpha value is -1.37. The number of carbonyl (C=O) groups is 1. The smallest absolute Gasteiger partial charge is 0.410 e. The molecule has 7 nitrogen and oxygen atoms in total. The topological polar surface area (TPSA) is 75.9 Å². The van der Waals surface area contributed by atoms with E-state index in [1.54, 1.807) is 4.90 Å². The highest BCUT2D eigenvalue weighted by atomic mass is 16.6. The molecule has 2 rings (SSSR count). The number of carbonyl (C=O) groups excluding carboxylic acids is 1. The van der Waals surface area contributed by atoms with Crippen LogP contribution in [0.4, 0.5) is 4.79 Å². The van der Waals surface area contributed by atoms with Crippen LogP contribution in [-0.4, -0.2) is 65.2 Å². The molecule has 1 saturated carbocycles. The monoisotopic (exact) mass is 371 g/mol. The lowest BCUT2D eigenvalue weighted by atomic mass is 9.83. The molecule has 2 fully saturated rings. The molecule has 1 amide bonds. The molecule has 0 spiro atoms. The number of amides is 1. The van der Waals surface area contributed by atoms with Crippen LogP contribution >= 0.6 is 0 Å². The zero-order valence-corrected chi connectivity index (χ0v) is 17.2. The van der Waals surface area contributed by atoms with Crippen LogP contribution in [-0.2, 0) is 4.74 Å². The van der Waals surface area contributed by atoms with Crippen LogP contribution in [0.2, 0.25) is 0 Å². The fraction of sp³-hybridized carbons (Fsp3) is 0.947. The Kier molecular flexibility index (Phi) is 9.33. The van der Waals surface area contributed by atoms with Crippen molar-refractivity contribution in [3.8, 4) is 0 Å². The molecule has 7 heteroatoms. The molecule has 0 bridgehead atoms. The van der Waals surface area contributed by atoms with Crippen molar-refractivity contribution < 1.29 is 14.5 Å². The summed E-state index contributed by atoms with van der Waals surface area (Å²) in [6.07, 6.45) is 5.49. The van der Waals surface area contributed by atoms with Crippen molar-refractivity contribution in [1.29, 1.82) is 0 Å². The van der Waals surface area contributed by atoms with Crippen molar-refractivity contribution in [2.24, 2.45) is 5.92 Å². The molecule has 0 N–H and O–H groups in total. The minimum Gasteiger partial charge on any atom is -0.444 e. The number of hydrogen-bond acceptors (Lipinski definition) is 5. The van der Waals surface area contributed by atoms with Crippen LogP contribution in [0.15, 0.2) is 0 Å². The molecule has 0 aromatic heterocycles. The summed E-state index contributed by atoms with van der Waals surface area (Å²) in [5, 5.41) is 11.1. The van der Waals surface area contributed by atoms with E-state index in [0.717, 1.165) is 12.8 Å². The fourth-order valence-electron chi connectivity index (χ4n) is 3.80. The summed E-state index contributed by atoms with van der Waals surface area (Å²) in [4.78, 5) is 27.0. The van der Waals surface area contributed by atoms with Gasteiger partial charge >= 0.3 is 6.09 Å². The molecule has 1 unspecified atom stereocenters. The fourth-order valence-corrected chi connectivity index (χ4v) is 3.80. The SMILES string of the molecule is CC.CC(C)(C)OC(=O)N1CCN(C(C[N+](=O)[O-])C2CCCCC2)CC1. The second kappa shape index (κ2) is 10.7. The van der Waals surface area contributed by atoms with Gasteiger partial charge in [-0.05, 0) is 39.5 Å². The number of ether oxygens (including phenoxy) is 1. The summed E-state index contributed by atoms with van der Waals surface area (Å²) in [6, 6.07) is 0.00101. The van der Waals surface area contributed by atoms with Gasteiger partial charge in [0.1, 0.15) is 5.60 Å². The van der Waals surface area contributed by atoms with Crippen molar-refractivity contribution >= 4 is 6.09 Å². The second-order valence-corrected chi connectivity index (χ2v) is 7.98. The molecule has 2 aliphatic rings. The number of hydrogen-bond donors (Lipinski definition) is 0. The molecule has 1 heterocycles. The third-order valence-corrected chi connectivity index (χ3v) is 4.97. The molecule has 0 radical (unpaired) electrons. The molecule has 1 aliphatic heterocycles. The Morgan fingerprint density at radius 2 is 1.65 bits per heavy atom. The Bertz CT molecular complexity index is 437. The van der Waals surface area contributed by atoms with Gasteiger partial charge in [-0.2, -0.15) is 0 Å². The molecule has 26 heavy (non-hydrogen) atoms. The average Bonchev–Trinajstić information content (AvgIpc) is 2.61. The van der Waals surface area contributed by atoms with E-state index in [1.165, 1.54) is 19.3 Å². The van der Waals surface area contributed by atoms with Crippen LogP contribution in [0.1, 0.15) is 66.7 Å². The van der Waals surface area contributed by atoms with Crippen LogP contribution in [0.25, 0.3) is 0 Å². The maximum atomic E-state index is 12.1. The molecular weight excluding hydrogens is 334 g/mol.